The van der Waals surface area contributed by atoms with E-state index in [0.717, 1.165) is 6.07 Å². The molecule has 0 aliphatic carbocycles. The Balaban J connectivity index is 2.53. The zero-order chi connectivity index (χ0) is 18.6. The van der Waals surface area contributed by atoms with E-state index in [1.165, 1.54) is 36.7 Å². The van der Waals surface area contributed by atoms with Crippen LogP contribution in [0, 0.1) is 0 Å². The Morgan fingerprint density at radius 1 is 1.20 bits per heavy atom. The molecular weight excluding hydrogens is 357 g/mol. The minimum atomic E-state index is -4.61. The molecule has 1 aromatic carbocycles. The number of alkyl halides is 3. The SMILES string of the molecule is CC(C)NC(=O)OC(c1cnccc1Cl)c1ccccc1C(F)(F)F. The highest BCUT2D eigenvalue weighted by Crippen LogP contribution is 2.39. The number of benzene rings is 1. The highest BCUT2D eigenvalue weighted by Gasteiger charge is 2.37. The molecule has 0 aliphatic rings. The maximum atomic E-state index is 13.4. The molecule has 1 aromatic heterocycles. The lowest BCUT2D eigenvalue weighted by Crippen LogP contribution is -2.32. The van der Waals surface area contributed by atoms with Gasteiger partial charge in [-0.2, -0.15) is 13.2 Å². The number of hydrogen-bond donors (Lipinski definition) is 1. The van der Waals surface area contributed by atoms with Crippen molar-refractivity contribution in [3.63, 3.8) is 0 Å². The van der Waals surface area contributed by atoms with Gasteiger partial charge in [-0.05, 0) is 26.0 Å². The molecule has 2 aromatic rings. The molecule has 1 amide bonds. The fourth-order valence-electron chi connectivity index (χ4n) is 2.24. The first-order valence-electron chi connectivity index (χ1n) is 7.43. The lowest BCUT2D eigenvalue weighted by molar-refractivity contribution is -0.139. The zero-order valence-corrected chi connectivity index (χ0v) is 14.2. The van der Waals surface area contributed by atoms with Crippen LogP contribution in [-0.2, 0) is 10.9 Å². The van der Waals surface area contributed by atoms with Crippen molar-refractivity contribution in [2.24, 2.45) is 0 Å². The third-order valence-corrected chi connectivity index (χ3v) is 3.60. The summed E-state index contributed by atoms with van der Waals surface area (Å²) < 4.78 is 45.4. The summed E-state index contributed by atoms with van der Waals surface area (Å²) in [7, 11) is 0. The number of carbonyl (C=O) groups is 1. The van der Waals surface area contributed by atoms with Gasteiger partial charge in [0.15, 0.2) is 6.10 Å². The Kier molecular flexibility index (Phi) is 5.89. The van der Waals surface area contributed by atoms with E-state index < -0.39 is 23.9 Å². The van der Waals surface area contributed by atoms with Gasteiger partial charge in [0.2, 0.25) is 0 Å². The van der Waals surface area contributed by atoms with Crippen LogP contribution in [0.4, 0.5) is 18.0 Å². The van der Waals surface area contributed by atoms with Crippen LogP contribution in [-0.4, -0.2) is 17.1 Å². The Hall–Kier alpha value is -2.28. The smallest absolute Gasteiger partial charge is 0.416 e. The molecule has 1 unspecified atom stereocenters. The molecule has 25 heavy (non-hydrogen) atoms. The van der Waals surface area contributed by atoms with Crippen LogP contribution in [0.2, 0.25) is 5.02 Å². The van der Waals surface area contributed by atoms with Gasteiger partial charge in [-0.25, -0.2) is 4.79 Å². The molecule has 1 heterocycles. The molecule has 1 atom stereocenters. The maximum Gasteiger partial charge on any atom is 0.416 e. The molecule has 2 rings (SSSR count). The number of amides is 1. The molecule has 0 saturated carbocycles. The molecule has 4 nitrogen and oxygen atoms in total. The van der Waals surface area contributed by atoms with Crippen molar-refractivity contribution in [1.29, 1.82) is 0 Å². The lowest BCUT2D eigenvalue weighted by atomic mass is 9.97. The molecule has 134 valence electrons. The first-order chi connectivity index (χ1) is 11.7. The van der Waals surface area contributed by atoms with E-state index in [9.17, 15) is 18.0 Å². The number of carbonyl (C=O) groups excluding carboxylic acids is 1. The third kappa shape index (κ3) is 4.85. The van der Waals surface area contributed by atoms with E-state index in [1.54, 1.807) is 13.8 Å². The van der Waals surface area contributed by atoms with Gasteiger partial charge in [0.25, 0.3) is 0 Å². The van der Waals surface area contributed by atoms with Crippen LogP contribution >= 0.6 is 11.6 Å². The Labute approximate surface area is 148 Å². The van der Waals surface area contributed by atoms with E-state index in [0.29, 0.717) is 0 Å². The summed E-state index contributed by atoms with van der Waals surface area (Å²) in [6.07, 6.45) is -4.13. The number of pyridine rings is 1. The Morgan fingerprint density at radius 3 is 2.48 bits per heavy atom. The van der Waals surface area contributed by atoms with Crippen LogP contribution in [0.5, 0.6) is 0 Å². The fourth-order valence-corrected chi connectivity index (χ4v) is 2.44. The number of nitrogens with one attached hydrogen (secondary N) is 1. The molecule has 0 bridgehead atoms. The summed E-state index contributed by atoms with van der Waals surface area (Å²) in [5.41, 5.74) is -0.958. The Morgan fingerprint density at radius 2 is 1.88 bits per heavy atom. The first kappa shape index (κ1) is 19.1. The number of nitrogens with zero attached hydrogens (tertiary/aromatic N) is 1. The summed E-state index contributed by atoms with van der Waals surface area (Å²) in [4.78, 5) is 15.9. The van der Waals surface area contributed by atoms with Gasteiger partial charge < -0.3 is 10.1 Å². The van der Waals surface area contributed by atoms with Crippen LogP contribution in [0.25, 0.3) is 0 Å². The second-order valence-corrected chi connectivity index (χ2v) is 5.97. The second kappa shape index (κ2) is 7.74. The summed E-state index contributed by atoms with van der Waals surface area (Å²) >= 11 is 6.09. The number of rotatable bonds is 4. The lowest BCUT2D eigenvalue weighted by Gasteiger charge is -2.23. The molecule has 0 aliphatic heterocycles. The van der Waals surface area contributed by atoms with Crippen molar-refractivity contribution in [3.05, 3.63) is 64.4 Å². The van der Waals surface area contributed by atoms with Gasteiger partial charge in [-0.15, -0.1) is 0 Å². The average Bonchev–Trinajstić information content (AvgIpc) is 2.52. The normalized spacial score (nSPS) is 12.8. The minimum absolute atomic E-state index is 0.148. The van der Waals surface area contributed by atoms with Crippen LogP contribution in [0.1, 0.15) is 36.6 Å². The van der Waals surface area contributed by atoms with Crippen LogP contribution < -0.4 is 5.32 Å². The number of halogens is 4. The molecule has 0 saturated heterocycles. The van der Waals surface area contributed by atoms with Crippen LogP contribution in [0.3, 0.4) is 0 Å². The average molecular weight is 373 g/mol. The largest absolute Gasteiger partial charge is 0.436 e. The maximum absolute atomic E-state index is 13.4. The summed E-state index contributed by atoms with van der Waals surface area (Å²) in [5.74, 6) is 0. The fraction of sp³-hybridized carbons (Fsp3) is 0.294. The second-order valence-electron chi connectivity index (χ2n) is 5.57. The van der Waals surface area contributed by atoms with Gasteiger partial charge in [0.05, 0.1) is 10.6 Å². The summed E-state index contributed by atoms with van der Waals surface area (Å²) in [6, 6.07) is 6.06. The molecule has 0 radical (unpaired) electrons. The predicted octanol–water partition coefficient (Wildman–Crippen LogP) is 4.98. The van der Waals surface area contributed by atoms with Crippen molar-refractivity contribution in [2.45, 2.75) is 32.2 Å². The first-order valence-corrected chi connectivity index (χ1v) is 7.80. The number of alkyl carbamates (subject to hydrolysis) is 1. The minimum Gasteiger partial charge on any atom is -0.436 e. The third-order valence-electron chi connectivity index (χ3n) is 3.26. The van der Waals surface area contributed by atoms with Gasteiger partial charge >= 0.3 is 12.3 Å². The quantitative estimate of drug-likeness (QED) is 0.823. The van der Waals surface area contributed by atoms with E-state index in [1.807, 2.05) is 0 Å². The number of ether oxygens (including phenoxy) is 1. The van der Waals surface area contributed by atoms with E-state index in [-0.39, 0.29) is 22.2 Å². The number of aromatic nitrogens is 1. The van der Waals surface area contributed by atoms with E-state index in [2.05, 4.69) is 10.3 Å². The Bertz CT molecular complexity index is 751. The number of hydrogen-bond acceptors (Lipinski definition) is 3. The standard InChI is InChI=1S/C17H16ClF3N2O2/c1-10(2)23-16(24)25-15(12-9-22-8-7-14(12)18)11-5-3-4-6-13(11)17(19,20)21/h3-10,15H,1-2H3,(H,23,24). The molecule has 0 fully saturated rings. The van der Waals surface area contributed by atoms with Crippen molar-refractivity contribution < 1.29 is 22.7 Å². The van der Waals surface area contributed by atoms with Crippen molar-refractivity contribution >= 4 is 17.7 Å². The molecule has 0 spiro atoms. The van der Waals surface area contributed by atoms with E-state index in [4.69, 9.17) is 16.3 Å². The highest BCUT2D eigenvalue weighted by atomic mass is 35.5. The molecular formula is C17H16ClF3N2O2. The summed E-state index contributed by atoms with van der Waals surface area (Å²) in [6.45, 7) is 3.41. The zero-order valence-electron chi connectivity index (χ0n) is 13.5. The van der Waals surface area contributed by atoms with Gasteiger partial charge in [-0.1, -0.05) is 29.8 Å². The van der Waals surface area contributed by atoms with Gasteiger partial charge in [0, 0.05) is 29.6 Å². The predicted molar refractivity (Wildman–Crippen MR) is 87.3 cm³/mol. The van der Waals surface area contributed by atoms with E-state index >= 15 is 0 Å². The monoisotopic (exact) mass is 372 g/mol. The topological polar surface area (TPSA) is 51.2 Å². The molecule has 8 heteroatoms. The van der Waals surface area contributed by atoms with Gasteiger partial charge in [0.1, 0.15) is 0 Å². The van der Waals surface area contributed by atoms with Crippen LogP contribution in [0.15, 0.2) is 42.7 Å². The van der Waals surface area contributed by atoms with Crippen molar-refractivity contribution in [1.82, 2.24) is 10.3 Å². The van der Waals surface area contributed by atoms with Crippen molar-refractivity contribution in [3.8, 4) is 0 Å². The highest BCUT2D eigenvalue weighted by molar-refractivity contribution is 6.31. The molecule has 1 N–H and O–H groups in total. The van der Waals surface area contributed by atoms with Crippen molar-refractivity contribution in [2.75, 3.05) is 0 Å². The summed E-state index contributed by atoms with van der Waals surface area (Å²) in [5, 5.41) is 2.63. The van der Waals surface area contributed by atoms with Gasteiger partial charge in [-0.3, -0.25) is 4.98 Å².